The lowest BCUT2D eigenvalue weighted by Crippen LogP contribution is -2.31. The van der Waals surface area contributed by atoms with Gasteiger partial charge in [0.15, 0.2) is 0 Å². The van der Waals surface area contributed by atoms with Crippen molar-refractivity contribution in [2.45, 2.75) is 45.2 Å². The summed E-state index contributed by atoms with van der Waals surface area (Å²) in [5.74, 6) is 0.843. The number of aryl methyl sites for hydroxylation is 1. The minimum atomic E-state index is 0.601. The van der Waals surface area contributed by atoms with Gasteiger partial charge in [-0.15, -0.1) is 0 Å². The van der Waals surface area contributed by atoms with E-state index in [1.807, 2.05) is 0 Å². The van der Waals surface area contributed by atoms with Gasteiger partial charge in [0.2, 0.25) is 0 Å². The van der Waals surface area contributed by atoms with Gasteiger partial charge in [-0.1, -0.05) is 24.3 Å². The summed E-state index contributed by atoms with van der Waals surface area (Å²) in [5.41, 5.74) is 3.09. The van der Waals surface area contributed by atoms with Gasteiger partial charge in [-0.3, -0.25) is 0 Å². The molecule has 1 N–H and O–H groups in total. The van der Waals surface area contributed by atoms with Gasteiger partial charge < -0.3 is 10.2 Å². The van der Waals surface area contributed by atoms with Crippen LogP contribution in [0.4, 0.5) is 0 Å². The van der Waals surface area contributed by atoms with Crippen LogP contribution in [0.3, 0.4) is 0 Å². The molecule has 1 heterocycles. The summed E-state index contributed by atoms with van der Waals surface area (Å²) < 4.78 is 0. The van der Waals surface area contributed by atoms with Crippen molar-refractivity contribution in [1.29, 1.82) is 0 Å². The third-order valence-electron chi connectivity index (χ3n) is 4.83. The van der Waals surface area contributed by atoms with Crippen molar-refractivity contribution in [3.05, 3.63) is 35.4 Å². The molecule has 19 heavy (non-hydrogen) atoms. The van der Waals surface area contributed by atoms with E-state index >= 15 is 0 Å². The highest BCUT2D eigenvalue weighted by atomic mass is 15.2. The summed E-state index contributed by atoms with van der Waals surface area (Å²) in [7, 11) is 0. The molecule has 2 atom stereocenters. The third-order valence-corrected chi connectivity index (χ3v) is 4.83. The molecule has 1 aromatic rings. The van der Waals surface area contributed by atoms with Gasteiger partial charge in [0, 0.05) is 18.6 Å². The highest BCUT2D eigenvalue weighted by Gasteiger charge is 2.26. The van der Waals surface area contributed by atoms with Crippen LogP contribution in [0.25, 0.3) is 0 Å². The lowest BCUT2D eigenvalue weighted by molar-refractivity contribution is 0.262. The molecule has 2 nitrogen and oxygen atoms in total. The first-order valence-electron chi connectivity index (χ1n) is 7.79. The van der Waals surface area contributed by atoms with E-state index in [9.17, 15) is 0 Å². The van der Waals surface area contributed by atoms with Gasteiger partial charge in [-0.05, 0) is 63.2 Å². The Kier molecular flexibility index (Phi) is 3.90. The second-order valence-electron chi connectivity index (χ2n) is 6.44. The van der Waals surface area contributed by atoms with Crippen molar-refractivity contribution in [2.24, 2.45) is 5.92 Å². The van der Waals surface area contributed by atoms with E-state index in [1.54, 1.807) is 11.1 Å². The van der Waals surface area contributed by atoms with Gasteiger partial charge in [-0.2, -0.15) is 0 Å². The molecule has 1 saturated heterocycles. The summed E-state index contributed by atoms with van der Waals surface area (Å²) in [6, 6.07) is 10.2. The van der Waals surface area contributed by atoms with Gasteiger partial charge in [-0.25, -0.2) is 0 Å². The standard InChI is InChI=1S/C17H26N2/c1-13(2)19-10-9-14(12-19)11-18-17-8-7-15-5-3-4-6-16(15)17/h3-6,13-14,17-18H,7-12H2,1-2H3. The fourth-order valence-electron chi connectivity index (χ4n) is 3.58. The number of hydrogen-bond acceptors (Lipinski definition) is 2. The molecule has 3 rings (SSSR count). The lowest BCUT2D eigenvalue weighted by Gasteiger charge is -2.21. The van der Waals surface area contributed by atoms with Crippen molar-refractivity contribution in [1.82, 2.24) is 10.2 Å². The Morgan fingerprint density at radius 1 is 1.26 bits per heavy atom. The molecule has 0 bridgehead atoms. The van der Waals surface area contributed by atoms with Crippen LogP contribution in [0.1, 0.15) is 43.9 Å². The molecule has 0 aromatic heterocycles. The van der Waals surface area contributed by atoms with Crippen molar-refractivity contribution < 1.29 is 0 Å². The van der Waals surface area contributed by atoms with Crippen LogP contribution >= 0.6 is 0 Å². The first-order chi connectivity index (χ1) is 9.24. The molecule has 2 heteroatoms. The average Bonchev–Trinajstić information content (AvgIpc) is 3.03. The summed E-state index contributed by atoms with van der Waals surface area (Å²) in [6.45, 7) is 8.36. The number of likely N-dealkylation sites (tertiary alicyclic amines) is 1. The maximum absolute atomic E-state index is 3.81. The van der Waals surface area contributed by atoms with Gasteiger partial charge in [0.05, 0.1) is 0 Å². The zero-order chi connectivity index (χ0) is 13.2. The number of nitrogens with one attached hydrogen (secondary N) is 1. The molecule has 1 fully saturated rings. The smallest absolute Gasteiger partial charge is 0.0326 e. The van der Waals surface area contributed by atoms with Gasteiger partial charge >= 0.3 is 0 Å². The van der Waals surface area contributed by atoms with E-state index < -0.39 is 0 Å². The fraction of sp³-hybridized carbons (Fsp3) is 0.647. The first-order valence-corrected chi connectivity index (χ1v) is 7.79. The topological polar surface area (TPSA) is 15.3 Å². The molecule has 0 amide bonds. The molecular weight excluding hydrogens is 232 g/mol. The summed E-state index contributed by atoms with van der Waals surface area (Å²) in [4.78, 5) is 2.61. The average molecular weight is 258 g/mol. The van der Waals surface area contributed by atoms with E-state index in [0.717, 1.165) is 5.92 Å². The van der Waals surface area contributed by atoms with Crippen LogP contribution < -0.4 is 5.32 Å². The monoisotopic (exact) mass is 258 g/mol. The maximum atomic E-state index is 3.81. The molecule has 0 saturated carbocycles. The third kappa shape index (κ3) is 2.85. The molecule has 1 aromatic carbocycles. The molecule has 0 spiro atoms. The van der Waals surface area contributed by atoms with Crippen LogP contribution in [-0.4, -0.2) is 30.6 Å². The second kappa shape index (κ2) is 5.64. The lowest BCUT2D eigenvalue weighted by atomic mass is 10.1. The van der Waals surface area contributed by atoms with Crippen molar-refractivity contribution in [2.75, 3.05) is 19.6 Å². The van der Waals surface area contributed by atoms with E-state index in [4.69, 9.17) is 0 Å². The number of fused-ring (bicyclic) bond motifs is 1. The number of hydrogen-bond donors (Lipinski definition) is 1. The Bertz CT molecular complexity index is 427. The predicted molar refractivity (Wildman–Crippen MR) is 80.3 cm³/mol. The fourth-order valence-corrected chi connectivity index (χ4v) is 3.58. The predicted octanol–water partition coefficient (Wildman–Crippen LogP) is 2.99. The van der Waals surface area contributed by atoms with E-state index in [-0.39, 0.29) is 0 Å². The Morgan fingerprint density at radius 2 is 2.11 bits per heavy atom. The Balaban J connectivity index is 1.52. The minimum Gasteiger partial charge on any atom is -0.310 e. The summed E-state index contributed by atoms with van der Waals surface area (Å²) in [6.07, 6.45) is 3.89. The number of rotatable bonds is 4. The highest BCUT2D eigenvalue weighted by molar-refractivity contribution is 5.34. The molecule has 2 aliphatic rings. The molecule has 1 aliphatic carbocycles. The van der Waals surface area contributed by atoms with E-state index in [2.05, 4.69) is 48.3 Å². The largest absolute Gasteiger partial charge is 0.310 e. The molecule has 1 aliphatic heterocycles. The number of benzene rings is 1. The molecular formula is C17H26N2. The van der Waals surface area contributed by atoms with Crippen LogP contribution in [0.2, 0.25) is 0 Å². The second-order valence-corrected chi connectivity index (χ2v) is 6.44. The van der Waals surface area contributed by atoms with Crippen LogP contribution in [-0.2, 0) is 6.42 Å². The Morgan fingerprint density at radius 3 is 2.89 bits per heavy atom. The quantitative estimate of drug-likeness (QED) is 0.893. The minimum absolute atomic E-state index is 0.601. The summed E-state index contributed by atoms with van der Waals surface area (Å²) >= 11 is 0. The Hall–Kier alpha value is -0.860. The van der Waals surface area contributed by atoms with Crippen molar-refractivity contribution in [3.8, 4) is 0 Å². The van der Waals surface area contributed by atoms with Gasteiger partial charge in [0.25, 0.3) is 0 Å². The zero-order valence-corrected chi connectivity index (χ0v) is 12.2. The first kappa shape index (κ1) is 13.1. The van der Waals surface area contributed by atoms with Crippen LogP contribution in [0.15, 0.2) is 24.3 Å². The molecule has 2 unspecified atom stereocenters. The van der Waals surface area contributed by atoms with E-state index in [0.29, 0.717) is 12.1 Å². The maximum Gasteiger partial charge on any atom is 0.0326 e. The van der Waals surface area contributed by atoms with Crippen LogP contribution in [0.5, 0.6) is 0 Å². The highest BCUT2D eigenvalue weighted by Crippen LogP contribution is 2.31. The summed E-state index contributed by atoms with van der Waals surface area (Å²) in [5, 5.41) is 3.81. The normalized spacial score (nSPS) is 27.1. The van der Waals surface area contributed by atoms with Crippen molar-refractivity contribution in [3.63, 3.8) is 0 Å². The molecule has 104 valence electrons. The zero-order valence-electron chi connectivity index (χ0n) is 12.2. The van der Waals surface area contributed by atoms with E-state index in [1.165, 1.54) is 38.9 Å². The van der Waals surface area contributed by atoms with Crippen molar-refractivity contribution >= 4 is 0 Å². The SMILES string of the molecule is CC(C)N1CCC(CNC2CCc3ccccc32)C1. The van der Waals surface area contributed by atoms with Gasteiger partial charge in [0.1, 0.15) is 0 Å². The Labute approximate surface area is 117 Å². The van der Waals surface area contributed by atoms with Crippen LogP contribution in [0, 0.1) is 5.92 Å². The number of nitrogens with zero attached hydrogens (tertiary/aromatic N) is 1. The molecule has 0 radical (unpaired) electrons.